The zero-order valence-corrected chi connectivity index (χ0v) is 8.97. The number of hydrogen-bond donors (Lipinski definition) is 1. The second-order valence-electron chi connectivity index (χ2n) is 2.81. The summed E-state index contributed by atoms with van der Waals surface area (Å²) in [6.07, 6.45) is 0. The number of nitrogens with zero attached hydrogens (tertiary/aromatic N) is 2. The summed E-state index contributed by atoms with van der Waals surface area (Å²) < 4.78 is 26.9. The summed E-state index contributed by atoms with van der Waals surface area (Å²) in [6.45, 7) is 3.60. The molecular formula is C7H13N3O3S. The van der Waals surface area contributed by atoms with Crippen LogP contribution < -0.4 is 5.32 Å². The van der Waals surface area contributed by atoms with Crippen molar-refractivity contribution in [3.8, 4) is 0 Å². The first-order valence-electron chi connectivity index (χ1n) is 4.28. The van der Waals surface area contributed by atoms with Crippen LogP contribution in [0.3, 0.4) is 0 Å². The quantitative estimate of drug-likeness (QED) is 0.762. The molecule has 80 valence electrons. The van der Waals surface area contributed by atoms with E-state index >= 15 is 0 Å². The molecule has 0 spiro atoms. The standard InChI is InChI=1S/C7H13N3O3S/c1-3-14(11,12)5-4-8-7-9-6(2)10-13-7/h3-5H2,1-2H3,(H,8,9,10). The lowest BCUT2D eigenvalue weighted by Crippen LogP contribution is -2.17. The Morgan fingerprint density at radius 1 is 1.50 bits per heavy atom. The minimum absolute atomic E-state index is 0.0743. The van der Waals surface area contributed by atoms with Gasteiger partial charge in [0, 0.05) is 12.3 Å². The molecule has 0 saturated heterocycles. The Morgan fingerprint density at radius 2 is 2.21 bits per heavy atom. The van der Waals surface area contributed by atoms with E-state index in [1.165, 1.54) is 0 Å². The fourth-order valence-corrected chi connectivity index (χ4v) is 1.53. The van der Waals surface area contributed by atoms with Crippen LogP contribution in [0, 0.1) is 6.92 Å². The summed E-state index contributed by atoms with van der Waals surface area (Å²) in [5.74, 6) is 0.744. The number of rotatable bonds is 5. The van der Waals surface area contributed by atoms with Crippen LogP contribution in [-0.4, -0.2) is 36.6 Å². The van der Waals surface area contributed by atoms with E-state index in [2.05, 4.69) is 15.5 Å². The van der Waals surface area contributed by atoms with Gasteiger partial charge < -0.3 is 9.84 Å². The van der Waals surface area contributed by atoms with Crippen molar-refractivity contribution >= 4 is 15.9 Å². The maximum atomic E-state index is 11.1. The molecule has 6 nitrogen and oxygen atoms in total. The number of sulfone groups is 1. The SMILES string of the molecule is CCS(=O)(=O)CCNc1nc(C)no1. The third-order valence-electron chi connectivity index (χ3n) is 1.66. The largest absolute Gasteiger partial charge is 0.337 e. The molecule has 0 amide bonds. The van der Waals surface area contributed by atoms with Crippen molar-refractivity contribution in [3.05, 3.63) is 5.82 Å². The van der Waals surface area contributed by atoms with Gasteiger partial charge in [0.2, 0.25) is 0 Å². The van der Waals surface area contributed by atoms with Crippen molar-refractivity contribution in [1.29, 1.82) is 0 Å². The molecule has 0 aromatic carbocycles. The van der Waals surface area contributed by atoms with Gasteiger partial charge in [-0.05, 0) is 6.92 Å². The molecular weight excluding hydrogens is 206 g/mol. The summed E-state index contributed by atoms with van der Waals surface area (Å²) in [5.41, 5.74) is 0. The van der Waals surface area contributed by atoms with Crippen molar-refractivity contribution in [3.63, 3.8) is 0 Å². The van der Waals surface area contributed by atoms with E-state index in [0.717, 1.165) is 0 Å². The molecule has 0 unspecified atom stereocenters. The Bertz CT molecular complexity index is 385. The van der Waals surface area contributed by atoms with Crippen molar-refractivity contribution in [2.75, 3.05) is 23.4 Å². The van der Waals surface area contributed by atoms with Crippen LogP contribution in [0.15, 0.2) is 4.52 Å². The molecule has 1 heterocycles. The highest BCUT2D eigenvalue weighted by molar-refractivity contribution is 7.91. The topological polar surface area (TPSA) is 85.1 Å². The number of hydrogen-bond acceptors (Lipinski definition) is 6. The van der Waals surface area contributed by atoms with E-state index in [-0.39, 0.29) is 24.1 Å². The molecule has 1 rings (SSSR count). The zero-order chi connectivity index (χ0) is 10.6. The minimum atomic E-state index is -2.94. The van der Waals surface area contributed by atoms with Crippen molar-refractivity contribution < 1.29 is 12.9 Å². The number of anilines is 1. The maximum absolute atomic E-state index is 11.1. The maximum Gasteiger partial charge on any atom is 0.321 e. The molecule has 1 aromatic heterocycles. The molecule has 14 heavy (non-hydrogen) atoms. The summed E-state index contributed by atoms with van der Waals surface area (Å²) in [4.78, 5) is 3.87. The van der Waals surface area contributed by atoms with Gasteiger partial charge in [-0.2, -0.15) is 4.98 Å². The van der Waals surface area contributed by atoms with Crippen LogP contribution in [-0.2, 0) is 9.84 Å². The second-order valence-corrected chi connectivity index (χ2v) is 5.28. The van der Waals surface area contributed by atoms with Gasteiger partial charge in [0.15, 0.2) is 15.7 Å². The minimum Gasteiger partial charge on any atom is -0.337 e. The van der Waals surface area contributed by atoms with Crippen LogP contribution in [0.25, 0.3) is 0 Å². The van der Waals surface area contributed by atoms with Gasteiger partial charge in [-0.1, -0.05) is 12.1 Å². The van der Waals surface area contributed by atoms with Gasteiger partial charge in [0.25, 0.3) is 0 Å². The summed E-state index contributed by atoms with van der Waals surface area (Å²) in [6, 6.07) is 0.258. The van der Waals surface area contributed by atoms with Crippen molar-refractivity contribution in [1.82, 2.24) is 10.1 Å². The molecule has 0 bridgehead atoms. The summed E-state index contributed by atoms with van der Waals surface area (Å²) >= 11 is 0. The molecule has 1 N–H and O–H groups in total. The molecule has 0 atom stereocenters. The van der Waals surface area contributed by atoms with Crippen LogP contribution in [0.4, 0.5) is 6.01 Å². The second kappa shape index (κ2) is 4.41. The predicted molar refractivity (Wildman–Crippen MR) is 51.9 cm³/mol. The van der Waals surface area contributed by atoms with Crippen LogP contribution >= 0.6 is 0 Å². The summed E-state index contributed by atoms with van der Waals surface area (Å²) in [5, 5.41) is 6.29. The molecule has 1 aromatic rings. The Morgan fingerprint density at radius 3 is 2.71 bits per heavy atom. The van der Waals surface area contributed by atoms with E-state index in [1.807, 2.05) is 0 Å². The molecule has 0 aliphatic heterocycles. The Labute approximate surface area is 82.6 Å². The highest BCUT2D eigenvalue weighted by atomic mass is 32.2. The summed E-state index contributed by atoms with van der Waals surface area (Å²) in [7, 11) is -2.94. The van der Waals surface area contributed by atoms with E-state index in [1.54, 1.807) is 13.8 Å². The average molecular weight is 219 g/mol. The molecule has 0 fully saturated rings. The molecule has 7 heteroatoms. The number of aryl methyl sites for hydroxylation is 1. The monoisotopic (exact) mass is 219 g/mol. The van der Waals surface area contributed by atoms with Gasteiger partial charge in [-0.25, -0.2) is 8.42 Å². The van der Waals surface area contributed by atoms with Crippen molar-refractivity contribution in [2.24, 2.45) is 0 Å². The van der Waals surface area contributed by atoms with E-state index in [4.69, 9.17) is 4.52 Å². The highest BCUT2D eigenvalue weighted by Gasteiger charge is 2.07. The molecule has 0 aliphatic carbocycles. The average Bonchev–Trinajstić information content (AvgIpc) is 2.51. The first-order chi connectivity index (χ1) is 6.53. The lowest BCUT2D eigenvalue weighted by molar-refractivity contribution is 0.426. The Hall–Kier alpha value is -1.11. The number of nitrogens with one attached hydrogen (secondary N) is 1. The Balaban J connectivity index is 2.36. The van der Waals surface area contributed by atoms with Gasteiger partial charge in [-0.3, -0.25) is 0 Å². The van der Waals surface area contributed by atoms with Gasteiger partial charge >= 0.3 is 6.01 Å². The highest BCUT2D eigenvalue weighted by Crippen LogP contribution is 2.01. The third-order valence-corrected chi connectivity index (χ3v) is 3.36. The van der Waals surface area contributed by atoms with Gasteiger partial charge in [0.1, 0.15) is 0 Å². The predicted octanol–water partition coefficient (Wildman–Crippen LogP) is 0.225. The zero-order valence-electron chi connectivity index (χ0n) is 8.15. The first-order valence-corrected chi connectivity index (χ1v) is 6.10. The van der Waals surface area contributed by atoms with Gasteiger partial charge in [0.05, 0.1) is 5.75 Å². The molecule has 0 saturated carbocycles. The van der Waals surface area contributed by atoms with E-state index < -0.39 is 9.84 Å². The van der Waals surface area contributed by atoms with E-state index in [9.17, 15) is 8.42 Å². The lowest BCUT2D eigenvalue weighted by atomic mass is 10.7. The third kappa shape index (κ3) is 3.33. The van der Waals surface area contributed by atoms with E-state index in [0.29, 0.717) is 5.82 Å². The van der Waals surface area contributed by atoms with Crippen LogP contribution in [0.1, 0.15) is 12.7 Å². The normalized spacial score (nSPS) is 11.6. The fourth-order valence-electron chi connectivity index (χ4n) is 0.827. The van der Waals surface area contributed by atoms with Gasteiger partial charge in [-0.15, -0.1) is 0 Å². The van der Waals surface area contributed by atoms with Crippen LogP contribution in [0.2, 0.25) is 0 Å². The van der Waals surface area contributed by atoms with Crippen molar-refractivity contribution in [2.45, 2.75) is 13.8 Å². The fraction of sp³-hybridized carbons (Fsp3) is 0.714. The smallest absolute Gasteiger partial charge is 0.321 e. The number of aromatic nitrogens is 2. The first kappa shape index (κ1) is 11.0. The molecule has 0 radical (unpaired) electrons. The molecule has 0 aliphatic rings. The lowest BCUT2D eigenvalue weighted by Gasteiger charge is -2.00. The Kier molecular flexibility index (Phi) is 3.45. The van der Waals surface area contributed by atoms with Crippen LogP contribution in [0.5, 0.6) is 0 Å².